The van der Waals surface area contributed by atoms with Crippen molar-refractivity contribution in [1.82, 2.24) is 0 Å². The molecule has 0 N–H and O–H groups in total. The minimum Gasteiger partial charge on any atom is -0.483 e. The van der Waals surface area contributed by atoms with Crippen LogP contribution in [0.2, 0.25) is 0 Å². The molecule has 1 aromatic carbocycles. The van der Waals surface area contributed by atoms with Crippen LogP contribution in [0.1, 0.15) is 0 Å². The van der Waals surface area contributed by atoms with E-state index in [1.807, 2.05) is 6.08 Å². The van der Waals surface area contributed by atoms with Gasteiger partial charge in [-0.3, -0.25) is 0 Å². The van der Waals surface area contributed by atoms with Gasteiger partial charge in [0.2, 0.25) is 0 Å². The van der Waals surface area contributed by atoms with Gasteiger partial charge in [-0.2, -0.15) is 0 Å². The summed E-state index contributed by atoms with van der Waals surface area (Å²) in [5.41, 5.74) is 0. The van der Waals surface area contributed by atoms with Gasteiger partial charge in [-0.05, 0) is 18.2 Å². The highest BCUT2D eigenvalue weighted by atomic mass is 32.2. The highest BCUT2D eigenvalue weighted by molar-refractivity contribution is 7.92. The molecule has 0 aromatic heterocycles. The van der Waals surface area contributed by atoms with Gasteiger partial charge in [0.25, 0.3) is 0 Å². The van der Waals surface area contributed by atoms with Gasteiger partial charge in [0.05, 0.1) is 0 Å². The molecule has 3 rings (SSSR count). The molecule has 16 heavy (non-hydrogen) atoms. The van der Waals surface area contributed by atoms with Crippen LogP contribution in [0.5, 0.6) is 5.75 Å². The number of sulfone groups is 1. The molecular formula is C12H10O3S. The second-order valence-electron chi connectivity index (χ2n) is 3.81. The topological polar surface area (TPSA) is 43.4 Å². The first-order chi connectivity index (χ1) is 7.69. The number of benzene rings is 1. The van der Waals surface area contributed by atoms with Crippen LogP contribution in [0.15, 0.2) is 53.5 Å². The Morgan fingerprint density at radius 1 is 1.06 bits per heavy atom. The lowest BCUT2D eigenvalue weighted by Crippen LogP contribution is -2.40. The monoisotopic (exact) mass is 234 g/mol. The molecule has 1 aliphatic carbocycles. The zero-order valence-electron chi connectivity index (χ0n) is 8.41. The van der Waals surface area contributed by atoms with E-state index in [2.05, 4.69) is 0 Å². The predicted octanol–water partition coefficient (Wildman–Crippen LogP) is 1.72. The summed E-state index contributed by atoms with van der Waals surface area (Å²) in [7, 11) is -3.31. The van der Waals surface area contributed by atoms with Crippen LogP contribution in [0.25, 0.3) is 0 Å². The third-order valence-corrected chi connectivity index (χ3v) is 4.91. The molecule has 0 radical (unpaired) electrons. The molecule has 0 amide bonds. The van der Waals surface area contributed by atoms with Crippen molar-refractivity contribution in [2.75, 3.05) is 0 Å². The molecule has 82 valence electrons. The summed E-state index contributed by atoms with van der Waals surface area (Å²) < 4.78 is 30.2. The maximum Gasteiger partial charge on any atom is 0.192 e. The molecule has 0 bridgehead atoms. The molecule has 2 atom stereocenters. The van der Waals surface area contributed by atoms with Gasteiger partial charge in [-0.25, -0.2) is 8.42 Å². The van der Waals surface area contributed by atoms with E-state index in [1.165, 1.54) is 0 Å². The quantitative estimate of drug-likeness (QED) is 0.686. The van der Waals surface area contributed by atoms with Crippen molar-refractivity contribution >= 4 is 9.84 Å². The lowest BCUT2D eigenvalue weighted by atomic mass is 10.1. The van der Waals surface area contributed by atoms with Crippen molar-refractivity contribution in [1.29, 1.82) is 0 Å². The third kappa shape index (κ3) is 1.23. The molecule has 0 saturated carbocycles. The zero-order valence-corrected chi connectivity index (χ0v) is 9.22. The molecule has 1 aromatic rings. The number of ether oxygens (including phenoxy) is 1. The Hall–Kier alpha value is -1.55. The molecule has 0 saturated heterocycles. The number of para-hydroxylation sites is 1. The van der Waals surface area contributed by atoms with Gasteiger partial charge in [0.15, 0.2) is 9.84 Å². The first-order valence-electron chi connectivity index (χ1n) is 5.04. The van der Waals surface area contributed by atoms with Crippen molar-refractivity contribution in [3.8, 4) is 5.75 Å². The lowest BCUT2D eigenvalue weighted by molar-refractivity contribution is 0.237. The van der Waals surface area contributed by atoms with E-state index in [0.29, 0.717) is 5.75 Å². The molecule has 3 nitrogen and oxygen atoms in total. The average Bonchev–Trinajstić information content (AvgIpc) is 2.29. The summed E-state index contributed by atoms with van der Waals surface area (Å²) in [6.45, 7) is 0. The van der Waals surface area contributed by atoms with Crippen LogP contribution < -0.4 is 4.74 Å². The smallest absolute Gasteiger partial charge is 0.192 e. The van der Waals surface area contributed by atoms with Crippen molar-refractivity contribution in [3.63, 3.8) is 0 Å². The Kier molecular flexibility index (Phi) is 1.94. The molecule has 1 aliphatic heterocycles. The fourth-order valence-electron chi connectivity index (χ4n) is 2.03. The van der Waals surface area contributed by atoms with Crippen LogP contribution in [-0.2, 0) is 9.84 Å². The van der Waals surface area contributed by atoms with E-state index < -0.39 is 21.2 Å². The fourth-order valence-corrected chi connectivity index (χ4v) is 3.78. The number of allylic oxidation sites excluding steroid dienone is 2. The maximum absolute atomic E-state index is 12.3. The molecule has 1 heterocycles. The number of fused-ring (bicyclic) bond motifs is 2. The summed E-state index contributed by atoms with van der Waals surface area (Å²) in [5.74, 6) is 0.448. The van der Waals surface area contributed by atoms with Crippen LogP contribution >= 0.6 is 0 Å². The molecule has 4 heteroatoms. The van der Waals surface area contributed by atoms with Crippen molar-refractivity contribution in [2.45, 2.75) is 16.2 Å². The SMILES string of the molecule is O=S1(=O)c2ccccc2O[C@H]2C=CC=C[C@@H]21. The van der Waals surface area contributed by atoms with E-state index >= 15 is 0 Å². The summed E-state index contributed by atoms with van der Waals surface area (Å²) in [6, 6.07) is 6.77. The van der Waals surface area contributed by atoms with Gasteiger partial charge < -0.3 is 4.74 Å². The largest absolute Gasteiger partial charge is 0.483 e. The van der Waals surface area contributed by atoms with Gasteiger partial charge in [-0.15, -0.1) is 0 Å². The molecule has 0 fully saturated rings. The Morgan fingerprint density at radius 3 is 2.69 bits per heavy atom. The van der Waals surface area contributed by atoms with Crippen LogP contribution in [0, 0.1) is 0 Å². The van der Waals surface area contributed by atoms with Crippen LogP contribution in [0.4, 0.5) is 0 Å². The highest BCUT2D eigenvalue weighted by Gasteiger charge is 2.40. The molecular weight excluding hydrogens is 224 g/mol. The van der Waals surface area contributed by atoms with Crippen LogP contribution in [0.3, 0.4) is 0 Å². The first kappa shape index (κ1) is 9.66. The van der Waals surface area contributed by atoms with Gasteiger partial charge in [0, 0.05) is 0 Å². The van der Waals surface area contributed by atoms with Crippen molar-refractivity contribution in [3.05, 3.63) is 48.6 Å². The van der Waals surface area contributed by atoms with E-state index in [4.69, 9.17) is 4.74 Å². The van der Waals surface area contributed by atoms with Crippen LogP contribution in [-0.4, -0.2) is 19.8 Å². The summed E-state index contributed by atoms with van der Waals surface area (Å²) in [4.78, 5) is 0.288. The second-order valence-corrected chi connectivity index (χ2v) is 5.88. The first-order valence-corrected chi connectivity index (χ1v) is 6.59. The van der Waals surface area contributed by atoms with Gasteiger partial charge >= 0.3 is 0 Å². The number of hydrogen-bond acceptors (Lipinski definition) is 3. The molecule has 0 unspecified atom stereocenters. The Balaban J connectivity index is 2.23. The predicted molar refractivity (Wildman–Crippen MR) is 60.1 cm³/mol. The lowest BCUT2D eigenvalue weighted by Gasteiger charge is -2.31. The standard InChI is InChI=1S/C12H10O3S/c13-16(14)11-7-3-1-5-9(11)15-10-6-2-4-8-12(10)16/h1-9,11H/t9-,11-/m0/s1. The normalized spacial score (nSPS) is 29.0. The number of hydrogen-bond donors (Lipinski definition) is 0. The van der Waals surface area contributed by atoms with Gasteiger partial charge in [-0.1, -0.05) is 30.4 Å². The van der Waals surface area contributed by atoms with Gasteiger partial charge in [0.1, 0.15) is 22.0 Å². The summed E-state index contributed by atoms with van der Waals surface area (Å²) >= 11 is 0. The van der Waals surface area contributed by atoms with Crippen molar-refractivity contribution < 1.29 is 13.2 Å². The number of rotatable bonds is 0. The fraction of sp³-hybridized carbons (Fsp3) is 0.167. The highest BCUT2D eigenvalue weighted by Crippen LogP contribution is 2.36. The average molecular weight is 234 g/mol. The van der Waals surface area contributed by atoms with E-state index in [1.54, 1.807) is 42.5 Å². The van der Waals surface area contributed by atoms with E-state index in [0.717, 1.165) is 0 Å². The van der Waals surface area contributed by atoms with E-state index in [-0.39, 0.29) is 4.90 Å². The molecule has 2 aliphatic rings. The van der Waals surface area contributed by atoms with Crippen molar-refractivity contribution in [2.24, 2.45) is 0 Å². The minimum atomic E-state index is -3.31. The zero-order chi connectivity index (χ0) is 11.2. The Labute approximate surface area is 94.0 Å². The molecule has 0 spiro atoms. The summed E-state index contributed by atoms with van der Waals surface area (Å²) in [5, 5.41) is -0.590. The van der Waals surface area contributed by atoms with E-state index in [9.17, 15) is 8.42 Å². The minimum absolute atomic E-state index is 0.288. The summed E-state index contributed by atoms with van der Waals surface area (Å²) in [6.07, 6.45) is 6.61. The second kappa shape index (κ2) is 3.22. The maximum atomic E-state index is 12.3. The Bertz CT molecular complexity index is 584. The third-order valence-electron chi connectivity index (χ3n) is 2.81. The Morgan fingerprint density at radius 2 is 1.81 bits per heavy atom.